The molecule has 1 fully saturated rings. The second kappa shape index (κ2) is 8.92. The van der Waals surface area contributed by atoms with E-state index in [-0.39, 0.29) is 42.5 Å². The molecule has 2 aromatic rings. The van der Waals surface area contributed by atoms with Crippen molar-refractivity contribution in [3.63, 3.8) is 0 Å². The van der Waals surface area contributed by atoms with Crippen LogP contribution in [-0.2, 0) is 20.8 Å². The Hall–Kier alpha value is -2.80. The number of allylic oxidation sites excluding steroid dienone is 2. The number of fused-ring (bicyclic) bond motifs is 1. The zero-order valence-corrected chi connectivity index (χ0v) is 17.8. The third-order valence-electron chi connectivity index (χ3n) is 5.70. The summed E-state index contributed by atoms with van der Waals surface area (Å²) in [6, 6.07) is 8.30. The Labute approximate surface area is 180 Å². The molecule has 6 nitrogen and oxygen atoms in total. The fraction of sp³-hybridized carbons (Fsp3) is 0.391. The summed E-state index contributed by atoms with van der Waals surface area (Å²) in [7, 11) is 0. The quantitative estimate of drug-likeness (QED) is 0.538. The Balaban J connectivity index is 1.32. The van der Waals surface area contributed by atoms with Crippen molar-refractivity contribution in [3.05, 3.63) is 47.4 Å². The van der Waals surface area contributed by atoms with Gasteiger partial charge in [0.1, 0.15) is 0 Å². The molecule has 2 aliphatic rings. The molecule has 0 saturated carbocycles. The van der Waals surface area contributed by atoms with Gasteiger partial charge in [-0.2, -0.15) is 0 Å². The minimum Gasteiger partial charge on any atom is -0.302 e. The average molecular weight is 424 g/mol. The van der Waals surface area contributed by atoms with Gasteiger partial charge in [0.05, 0.1) is 17.5 Å². The fourth-order valence-corrected chi connectivity index (χ4v) is 4.81. The molecule has 156 valence electrons. The Morgan fingerprint density at radius 3 is 2.43 bits per heavy atom. The van der Waals surface area contributed by atoms with Gasteiger partial charge in [-0.1, -0.05) is 49.8 Å². The summed E-state index contributed by atoms with van der Waals surface area (Å²) in [4.78, 5) is 43.1. The lowest BCUT2D eigenvalue weighted by atomic mass is 9.85. The van der Waals surface area contributed by atoms with E-state index in [9.17, 15) is 14.4 Å². The molecule has 1 aromatic carbocycles. The third kappa shape index (κ3) is 4.21. The van der Waals surface area contributed by atoms with Gasteiger partial charge in [-0.25, -0.2) is 4.98 Å². The van der Waals surface area contributed by atoms with Crippen LogP contribution in [0.15, 0.2) is 41.8 Å². The molecular formula is C23H25N3O3S. The monoisotopic (exact) mass is 423 g/mol. The predicted octanol–water partition coefficient (Wildman–Crippen LogP) is 4.04. The zero-order chi connectivity index (χ0) is 21.1. The number of hydrogen-bond acceptors (Lipinski definition) is 5. The van der Waals surface area contributed by atoms with Gasteiger partial charge >= 0.3 is 0 Å². The van der Waals surface area contributed by atoms with Crippen LogP contribution in [0.5, 0.6) is 0 Å². The van der Waals surface area contributed by atoms with Crippen molar-refractivity contribution in [1.82, 2.24) is 9.88 Å². The van der Waals surface area contributed by atoms with Gasteiger partial charge in [0.25, 0.3) is 0 Å². The largest absolute Gasteiger partial charge is 0.302 e. The standard InChI is InChI=1S/C23H25N3O3S/c1-2-5-15-8-10-16(11-9-15)19-14-30-23(24-19)25-20(27)12-13-26-21(28)17-6-3-4-7-18(17)22(26)29/h3-4,8-11,14,17-18H,2,5-7,12-13H2,1H3,(H,24,25,27)/t17-,18-/m0/s1. The maximum Gasteiger partial charge on any atom is 0.233 e. The van der Waals surface area contributed by atoms with Crippen molar-refractivity contribution in [3.8, 4) is 11.3 Å². The summed E-state index contributed by atoms with van der Waals surface area (Å²) in [6.45, 7) is 2.27. The lowest BCUT2D eigenvalue weighted by Crippen LogP contribution is -2.34. The number of benzene rings is 1. The van der Waals surface area contributed by atoms with Crippen molar-refractivity contribution < 1.29 is 14.4 Å². The van der Waals surface area contributed by atoms with Crippen LogP contribution in [0, 0.1) is 11.8 Å². The highest BCUT2D eigenvalue weighted by Gasteiger charge is 2.46. The number of rotatable bonds is 7. The first-order chi connectivity index (χ1) is 14.6. The topological polar surface area (TPSA) is 79.4 Å². The molecule has 1 aliphatic carbocycles. The van der Waals surface area contributed by atoms with E-state index in [1.807, 2.05) is 29.7 Å². The van der Waals surface area contributed by atoms with E-state index in [2.05, 4.69) is 29.4 Å². The first kappa shape index (κ1) is 20.5. The first-order valence-corrected chi connectivity index (χ1v) is 11.3. The number of amides is 3. The minimum atomic E-state index is -0.254. The molecule has 1 N–H and O–H groups in total. The molecule has 4 rings (SSSR count). The van der Waals surface area contributed by atoms with Crippen LogP contribution in [0.1, 0.15) is 38.2 Å². The average Bonchev–Trinajstić information content (AvgIpc) is 3.31. The van der Waals surface area contributed by atoms with Gasteiger partial charge in [0.15, 0.2) is 5.13 Å². The Kier molecular flexibility index (Phi) is 6.08. The molecule has 0 bridgehead atoms. The second-order valence-corrected chi connectivity index (χ2v) is 8.63. The fourth-order valence-electron chi connectivity index (χ4n) is 4.08. The summed E-state index contributed by atoms with van der Waals surface area (Å²) in [5, 5.41) is 5.22. The Morgan fingerprint density at radius 2 is 1.80 bits per heavy atom. The van der Waals surface area contributed by atoms with Crippen LogP contribution in [0.25, 0.3) is 11.3 Å². The summed E-state index contributed by atoms with van der Waals surface area (Å²) >= 11 is 1.36. The van der Waals surface area contributed by atoms with Gasteiger partial charge in [-0.15, -0.1) is 11.3 Å². The SMILES string of the molecule is CCCc1ccc(-c2csc(NC(=O)CCN3C(=O)[C@H]4CC=CC[C@@H]4C3=O)n2)cc1. The number of hydrogen-bond donors (Lipinski definition) is 1. The van der Waals surface area contributed by atoms with E-state index in [0.717, 1.165) is 24.1 Å². The summed E-state index contributed by atoms with van der Waals surface area (Å²) in [6.07, 6.45) is 7.38. The highest BCUT2D eigenvalue weighted by Crippen LogP contribution is 2.35. The third-order valence-corrected chi connectivity index (χ3v) is 6.46. The molecule has 1 aliphatic heterocycles. The van der Waals surface area contributed by atoms with Crippen molar-refractivity contribution in [1.29, 1.82) is 0 Å². The smallest absolute Gasteiger partial charge is 0.233 e. The van der Waals surface area contributed by atoms with Crippen molar-refractivity contribution in [2.45, 2.75) is 39.0 Å². The number of aryl methyl sites for hydroxylation is 1. The van der Waals surface area contributed by atoms with Crippen molar-refractivity contribution >= 4 is 34.2 Å². The molecule has 1 aromatic heterocycles. The Morgan fingerprint density at radius 1 is 1.13 bits per heavy atom. The highest BCUT2D eigenvalue weighted by atomic mass is 32.1. The Bertz CT molecular complexity index is 954. The molecule has 2 atom stereocenters. The maximum atomic E-state index is 12.5. The number of aromatic nitrogens is 1. The minimum absolute atomic E-state index is 0.0744. The summed E-state index contributed by atoms with van der Waals surface area (Å²) in [5.74, 6) is -1.05. The van der Waals surface area contributed by atoms with Crippen LogP contribution in [0.4, 0.5) is 5.13 Å². The lowest BCUT2D eigenvalue weighted by Gasteiger charge is -2.14. The van der Waals surface area contributed by atoms with E-state index in [1.54, 1.807) is 0 Å². The number of carbonyl (C=O) groups excluding carboxylic acids is 3. The predicted molar refractivity (Wildman–Crippen MR) is 117 cm³/mol. The number of imide groups is 1. The van der Waals surface area contributed by atoms with Gasteiger partial charge in [0, 0.05) is 23.9 Å². The highest BCUT2D eigenvalue weighted by molar-refractivity contribution is 7.14. The molecular weight excluding hydrogens is 398 g/mol. The molecule has 1 saturated heterocycles. The van der Waals surface area contributed by atoms with Gasteiger partial charge in [-0.3, -0.25) is 19.3 Å². The summed E-state index contributed by atoms with van der Waals surface area (Å²) in [5.41, 5.74) is 3.13. The molecule has 3 amide bonds. The van der Waals surface area contributed by atoms with E-state index < -0.39 is 0 Å². The van der Waals surface area contributed by atoms with Crippen LogP contribution in [0.3, 0.4) is 0 Å². The zero-order valence-electron chi connectivity index (χ0n) is 17.0. The van der Waals surface area contributed by atoms with Crippen LogP contribution >= 0.6 is 11.3 Å². The van der Waals surface area contributed by atoms with Gasteiger partial charge < -0.3 is 5.32 Å². The van der Waals surface area contributed by atoms with E-state index in [4.69, 9.17) is 0 Å². The lowest BCUT2D eigenvalue weighted by molar-refractivity contribution is -0.140. The molecule has 2 heterocycles. The van der Waals surface area contributed by atoms with Crippen LogP contribution < -0.4 is 5.32 Å². The number of nitrogens with zero attached hydrogens (tertiary/aromatic N) is 2. The van der Waals surface area contributed by atoms with Gasteiger partial charge in [-0.05, 0) is 24.8 Å². The first-order valence-electron chi connectivity index (χ1n) is 10.4. The van der Waals surface area contributed by atoms with E-state index in [0.29, 0.717) is 18.0 Å². The number of carbonyl (C=O) groups is 3. The number of anilines is 1. The molecule has 30 heavy (non-hydrogen) atoms. The second-order valence-electron chi connectivity index (χ2n) is 7.77. The van der Waals surface area contributed by atoms with Crippen molar-refractivity contribution in [2.75, 3.05) is 11.9 Å². The van der Waals surface area contributed by atoms with Gasteiger partial charge in [0.2, 0.25) is 17.7 Å². The van der Waals surface area contributed by atoms with E-state index in [1.165, 1.54) is 21.8 Å². The number of likely N-dealkylation sites (tertiary alicyclic amines) is 1. The molecule has 7 heteroatoms. The van der Waals surface area contributed by atoms with E-state index >= 15 is 0 Å². The molecule has 0 unspecified atom stereocenters. The molecule has 0 spiro atoms. The van der Waals surface area contributed by atoms with Crippen LogP contribution in [0.2, 0.25) is 0 Å². The molecule has 0 radical (unpaired) electrons. The summed E-state index contributed by atoms with van der Waals surface area (Å²) < 4.78 is 0. The van der Waals surface area contributed by atoms with Crippen LogP contribution in [-0.4, -0.2) is 34.2 Å². The maximum absolute atomic E-state index is 12.5. The number of nitrogens with one attached hydrogen (secondary N) is 1. The van der Waals surface area contributed by atoms with Crippen molar-refractivity contribution in [2.24, 2.45) is 11.8 Å². The normalized spacial score (nSPS) is 20.5. The number of thiazole rings is 1.